The molecule has 0 amide bonds. The lowest BCUT2D eigenvalue weighted by atomic mass is 9.47. The number of carbonyl (C=O) groups excluding carboxylic acids is 1. The van der Waals surface area contributed by atoms with E-state index in [4.69, 9.17) is 4.74 Å². The summed E-state index contributed by atoms with van der Waals surface area (Å²) in [5, 5.41) is 9.61. The predicted molar refractivity (Wildman–Crippen MR) is 108 cm³/mol. The van der Waals surface area contributed by atoms with Crippen molar-refractivity contribution >= 4 is 11.9 Å². The van der Waals surface area contributed by atoms with E-state index in [0.717, 1.165) is 44.9 Å². The molecule has 1 N–H and O–H groups in total. The van der Waals surface area contributed by atoms with Gasteiger partial charge in [0.15, 0.2) is 0 Å². The summed E-state index contributed by atoms with van der Waals surface area (Å²) in [5.41, 5.74) is 2.09. The Kier molecular flexibility index (Phi) is 4.91. The van der Waals surface area contributed by atoms with Crippen LogP contribution in [0.25, 0.3) is 0 Å². The van der Waals surface area contributed by atoms with E-state index < -0.39 is 5.97 Å². The van der Waals surface area contributed by atoms with Crippen molar-refractivity contribution in [2.75, 3.05) is 0 Å². The van der Waals surface area contributed by atoms with Crippen LogP contribution < -0.4 is 0 Å². The van der Waals surface area contributed by atoms with E-state index in [0.29, 0.717) is 29.1 Å². The number of hydrogen-bond acceptors (Lipinski definition) is 3. The molecule has 0 aliphatic heterocycles. The highest BCUT2D eigenvalue weighted by atomic mass is 16.5. The van der Waals surface area contributed by atoms with Gasteiger partial charge in [-0.25, -0.2) is 0 Å². The number of ether oxygens (including phenoxy) is 1. The SMILES string of the molecule is CC(=O)OC1CCC2(C)C(CC=C3C2CCC2(C)C3CCC2[C@H](C)C(=O)O)C1. The Morgan fingerprint density at radius 2 is 1.79 bits per heavy atom. The lowest BCUT2D eigenvalue weighted by Gasteiger charge is -2.57. The number of rotatable bonds is 3. The summed E-state index contributed by atoms with van der Waals surface area (Å²) in [6, 6.07) is 0. The average molecular weight is 389 g/mol. The van der Waals surface area contributed by atoms with Crippen molar-refractivity contribution < 1.29 is 19.4 Å². The zero-order valence-corrected chi connectivity index (χ0v) is 17.9. The molecule has 3 saturated carbocycles. The van der Waals surface area contributed by atoms with Crippen molar-refractivity contribution in [3.8, 4) is 0 Å². The molecule has 0 spiro atoms. The molecule has 7 unspecified atom stereocenters. The van der Waals surface area contributed by atoms with Gasteiger partial charge in [0.25, 0.3) is 0 Å². The molecule has 3 fully saturated rings. The number of carboxylic acid groups (broad SMARTS) is 1. The fraction of sp³-hybridized carbons (Fsp3) is 0.833. The smallest absolute Gasteiger partial charge is 0.306 e. The van der Waals surface area contributed by atoms with E-state index in [1.54, 1.807) is 5.57 Å². The summed E-state index contributed by atoms with van der Waals surface area (Å²) in [4.78, 5) is 23.1. The van der Waals surface area contributed by atoms with Gasteiger partial charge >= 0.3 is 11.9 Å². The molecule has 0 aromatic rings. The molecule has 0 aromatic heterocycles. The molecular weight excluding hydrogens is 352 g/mol. The second-order valence-electron chi connectivity index (χ2n) is 10.6. The third kappa shape index (κ3) is 2.93. The van der Waals surface area contributed by atoms with E-state index in [1.807, 2.05) is 6.92 Å². The van der Waals surface area contributed by atoms with Crippen LogP contribution >= 0.6 is 0 Å². The zero-order valence-electron chi connectivity index (χ0n) is 17.9. The number of fused-ring (bicyclic) bond motifs is 5. The van der Waals surface area contributed by atoms with Crippen molar-refractivity contribution in [1.29, 1.82) is 0 Å². The Labute approximate surface area is 169 Å². The Morgan fingerprint density at radius 3 is 2.46 bits per heavy atom. The first kappa shape index (κ1) is 20.0. The van der Waals surface area contributed by atoms with Gasteiger partial charge in [-0.2, -0.15) is 0 Å². The molecule has 4 aliphatic rings. The predicted octanol–water partition coefficient (Wildman–Crippen LogP) is 5.22. The van der Waals surface area contributed by atoms with Gasteiger partial charge in [-0.1, -0.05) is 32.4 Å². The minimum Gasteiger partial charge on any atom is -0.481 e. The van der Waals surface area contributed by atoms with Crippen LogP contribution in [0.4, 0.5) is 0 Å². The molecule has 28 heavy (non-hydrogen) atoms. The quantitative estimate of drug-likeness (QED) is 0.532. The van der Waals surface area contributed by atoms with Crippen LogP contribution in [-0.4, -0.2) is 23.1 Å². The normalized spacial score (nSPS) is 45.9. The van der Waals surface area contributed by atoms with E-state index in [-0.39, 0.29) is 23.4 Å². The summed E-state index contributed by atoms with van der Waals surface area (Å²) in [5.74, 6) is 1.03. The highest BCUT2D eigenvalue weighted by Crippen LogP contribution is 2.66. The number of hydrogen-bond donors (Lipinski definition) is 1. The van der Waals surface area contributed by atoms with Gasteiger partial charge < -0.3 is 9.84 Å². The summed E-state index contributed by atoms with van der Waals surface area (Å²) in [6.07, 6.45) is 11.3. The molecule has 4 nitrogen and oxygen atoms in total. The molecule has 0 heterocycles. The van der Waals surface area contributed by atoms with Crippen LogP contribution in [0, 0.1) is 40.4 Å². The zero-order chi connectivity index (χ0) is 20.3. The minimum absolute atomic E-state index is 0.0895. The van der Waals surface area contributed by atoms with Crippen LogP contribution in [0.5, 0.6) is 0 Å². The van der Waals surface area contributed by atoms with Gasteiger partial charge in [0.2, 0.25) is 0 Å². The van der Waals surface area contributed by atoms with Gasteiger partial charge in [0, 0.05) is 6.92 Å². The first-order chi connectivity index (χ1) is 13.2. The molecular formula is C24H36O4. The molecule has 8 atom stereocenters. The summed E-state index contributed by atoms with van der Waals surface area (Å²) < 4.78 is 5.55. The second kappa shape index (κ2) is 6.88. The first-order valence-corrected chi connectivity index (χ1v) is 11.3. The van der Waals surface area contributed by atoms with Crippen molar-refractivity contribution in [3.63, 3.8) is 0 Å². The molecule has 4 heteroatoms. The fourth-order valence-corrected chi connectivity index (χ4v) is 7.85. The second-order valence-corrected chi connectivity index (χ2v) is 10.6. The van der Waals surface area contributed by atoms with Crippen molar-refractivity contribution in [2.24, 2.45) is 40.4 Å². The third-order valence-corrected chi connectivity index (χ3v) is 9.43. The fourth-order valence-electron chi connectivity index (χ4n) is 7.85. The maximum atomic E-state index is 11.7. The number of carbonyl (C=O) groups is 2. The Bertz CT molecular complexity index is 697. The van der Waals surface area contributed by atoms with E-state index in [9.17, 15) is 14.7 Å². The van der Waals surface area contributed by atoms with Gasteiger partial charge in [0.05, 0.1) is 5.92 Å². The highest BCUT2D eigenvalue weighted by Gasteiger charge is 2.58. The Balaban J connectivity index is 1.57. The van der Waals surface area contributed by atoms with Crippen molar-refractivity contribution in [3.05, 3.63) is 11.6 Å². The highest BCUT2D eigenvalue weighted by molar-refractivity contribution is 5.70. The lowest BCUT2D eigenvalue weighted by Crippen LogP contribution is -2.50. The van der Waals surface area contributed by atoms with Crippen molar-refractivity contribution in [1.82, 2.24) is 0 Å². The average Bonchev–Trinajstić information content (AvgIpc) is 2.98. The van der Waals surface area contributed by atoms with Crippen LogP contribution in [0.3, 0.4) is 0 Å². The first-order valence-electron chi connectivity index (χ1n) is 11.3. The van der Waals surface area contributed by atoms with Crippen LogP contribution in [0.15, 0.2) is 11.6 Å². The number of carboxylic acids is 1. The molecule has 0 bridgehead atoms. The minimum atomic E-state index is -0.637. The Hall–Kier alpha value is -1.32. The summed E-state index contributed by atoms with van der Waals surface area (Å²) in [6.45, 7) is 8.28. The number of allylic oxidation sites excluding steroid dienone is 2. The van der Waals surface area contributed by atoms with Gasteiger partial charge in [-0.3, -0.25) is 9.59 Å². The molecule has 156 valence electrons. The molecule has 4 aliphatic carbocycles. The van der Waals surface area contributed by atoms with Crippen molar-refractivity contribution in [2.45, 2.75) is 85.2 Å². The van der Waals surface area contributed by atoms with E-state index >= 15 is 0 Å². The molecule has 4 rings (SSSR count). The van der Waals surface area contributed by atoms with Crippen LogP contribution in [0.1, 0.15) is 79.1 Å². The number of aliphatic carboxylic acids is 1. The maximum Gasteiger partial charge on any atom is 0.306 e. The van der Waals surface area contributed by atoms with Gasteiger partial charge in [-0.05, 0) is 85.9 Å². The van der Waals surface area contributed by atoms with E-state index in [1.165, 1.54) is 13.3 Å². The van der Waals surface area contributed by atoms with Crippen LogP contribution in [0.2, 0.25) is 0 Å². The maximum absolute atomic E-state index is 11.7. The standard InChI is InChI=1S/C24H36O4/c1-14(22(26)27)19-7-8-20-18-6-5-16-13-17(28-15(2)25)9-11-23(16,3)21(18)10-12-24(19,20)4/h6,14,16-17,19-21H,5,7-13H2,1-4H3,(H,26,27)/t14-,16?,17?,19?,20?,21?,23?,24?/m0/s1. The van der Waals surface area contributed by atoms with Gasteiger partial charge in [-0.15, -0.1) is 0 Å². The summed E-state index contributed by atoms with van der Waals surface area (Å²) in [7, 11) is 0. The third-order valence-electron chi connectivity index (χ3n) is 9.43. The molecule has 0 radical (unpaired) electrons. The monoisotopic (exact) mass is 388 g/mol. The molecule has 0 saturated heterocycles. The number of esters is 1. The Morgan fingerprint density at radius 1 is 1.11 bits per heavy atom. The summed E-state index contributed by atoms with van der Waals surface area (Å²) >= 11 is 0. The van der Waals surface area contributed by atoms with Gasteiger partial charge in [0.1, 0.15) is 6.10 Å². The topological polar surface area (TPSA) is 63.6 Å². The largest absolute Gasteiger partial charge is 0.481 e. The molecule has 0 aromatic carbocycles. The van der Waals surface area contributed by atoms with Crippen LogP contribution in [-0.2, 0) is 14.3 Å². The van der Waals surface area contributed by atoms with E-state index in [2.05, 4.69) is 19.9 Å². The lowest BCUT2D eigenvalue weighted by molar-refractivity contribution is -0.152.